The Labute approximate surface area is 162 Å². The van der Waals surface area contributed by atoms with Crippen LogP contribution >= 0.6 is 0 Å². The van der Waals surface area contributed by atoms with E-state index in [2.05, 4.69) is 17.1 Å². The van der Waals surface area contributed by atoms with Crippen LogP contribution in [0.3, 0.4) is 0 Å². The maximum atomic E-state index is 14.3. The molecule has 2 aliphatic rings. The molecule has 3 unspecified atom stereocenters. The van der Waals surface area contributed by atoms with Crippen LogP contribution < -0.4 is 10.8 Å². The second kappa shape index (κ2) is 10.2. The highest BCUT2D eigenvalue weighted by Crippen LogP contribution is 2.31. The summed E-state index contributed by atoms with van der Waals surface area (Å²) in [4.78, 5) is 14.0. The monoisotopic (exact) mass is 379 g/mol. The third-order valence-electron chi connectivity index (χ3n) is 5.69. The summed E-state index contributed by atoms with van der Waals surface area (Å²) in [5, 5.41) is 12.2. The van der Waals surface area contributed by atoms with Gasteiger partial charge in [0.2, 0.25) is 0 Å². The number of nitrogens with one attached hydrogen (secondary N) is 2. The van der Waals surface area contributed by atoms with Gasteiger partial charge in [0.1, 0.15) is 5.82 Å². The van der Waals surface area contributed by atoms with E-state index >= 15 is 0 Å². The van der Waals surface area contributed by atoms with Gasteiger partial charge in [-0.2, -0.15) is 0 Å². The second-order valence-corrected chi connectivity index (χ2v) is 7.69. The van der Waals surface area contributed by atoms with Gasteiger partial charge < -0.3 is 5.32 Å². The van der Waals surface area contributed by atoms with Crippen molar-refractivity contribution in [2.45, 2.75) is 59.0 Å². The van der Waals surface area contributed by atoms with Crippen molar-refractivity contribution in [1.29, 1.82) is 0 Å². The van der Waals surface area contributed by atoms with Crippen LogP contribution in [0.1, 0.15) is 61.5 Å². The van der Waals surface area contributed by atoms with E-state index in [4.69, 9.17) is 5.21 Å². The number of carbonyl (C=O) groups excluding carboxylic acids is 1. The van der Waals surface area contributed by atoms with Gasteiger partial charge in [0.25, 0.3) is 5.91 Å². The maximum absolute atomic E-state index is 14.3. The quantitative estimate of drug-likeness (QED) is 0.554. The number of halogens is 1. The largest absolute Gasteiger partial charge is 0.317 e. The Bertz CT molecular complexity index is 638. The van der Waals surface area contributed by atoms with E-state index in [-0.39, 0.29) is 11.4 Å². The fourth-order valence-electron chi connectivity index (χ4n) is 4.55. The first-order chi connectivity index (χ1) is 13.0. The van der Waals surface area contributed by atoms with E-state index in [1.807, 2.05) is 20.9 Å². The number of rotatable bonds is 4. The molecular weight excluding hydrogens is 345 g/mol. The molecule has 27 heavy (non-hydrogen) atoms. The number of nitrogens with zero attached hydrogens (tertiary/aromatic N) is 1. The van der Waals surface area contributed by atoms with Gasteiger partial charge in [-0.05, 0) is 67.8 Å². The number of benzene rings is 1. The Morgan fingerprint density at radius 2 is 2.04 bits per heavy atom. The fraction of sp³-hybridized carbons (Fsp3) is 0.667. The third kappa shape index (κ3) is 5.50. The van der Waals surface area contributed by atoms with Crippen LogP contribution in [0.15, 0.2) is 12.1 Å². The minimum Gasteiger partial charge on any atom is -0.317 e. The molecule has 1 saturated carbocycles. The predicted octanol–water partition coefficient (Wildman–Crippen LogP) is 3.35. The molecule has 1 aliphatic heterocycles. The minimum atomic E-state index is -0.670. The van der Waals surface area contributed by atoms with E-state index in [0.29, 0.717) is 30.5 Å². The zero-order chi connectivity index (χ0) is 20.0. The van der Waals surface area contributed by atoms with Gasteiger partial charge >= 0.3 is 0 Å². The third-order valence-corrected chi connectivity index (χ3v) is 5.69. The molecule has 1 aromatic carbocycles. The first-order valence-corrected chi connectivity index (χ1v) is 10.2. The first kappa shape index (κ1) is 21.8. The molecule has 3 rings (SSSR count). The highest BCUT2D eigenvalue weighted by Gasteiger charge is 2.29. The Morgan fingerprint density at radius 1 is 1.30 bits per heavy atom. The van der Waals surface area contributed by atoms with Gasteiger partial charge in [0.15, 0.2) is 0 Å². The highest BCUT2D eigenvalue weighted by molar-refractivity contribution is 5.93. The van der Waals surface area contributed by atoms with Gasteiger partial charge in [-0.15, -0.1) is 0 Å². The standard InChI is InChI=1S/C19H28FN3O2.C2H6/c1-12-5-13(7-16(6-12)21-2)10-23-4-3-17-15(11-23)8-14(9-18(17)20)19(24)22-25;1-2/h8-9,12-13,16,21,25H,3-7,10-11H2,1-2H3,(H,22,24);1-2H3. The van der Waals surface area contributed by atoms with Crippen LogP contribution in [0.25, 0.3) is 0 Å². The number of amides is 1. The van der Waals surface area contributed by atoms with Crippen molar-refractivity contribution in [3.8, 4) is 0 Å². The SMILES string of the molecule is CC.CNC1CC(C)CC(CN2CCc3c(F)cc(C(=O)NO)cc3C2)C1. The van der Waals surface area contributed by atoms with Crippen molar-refractivity contribution in [3.63, 3.8) is 0 Å². The van der Waals surface area contributed by atoms with E-state index in [9.17, 15) is 9.18 Å². The van der Waals surface area contributed by atoms with Crippen molar-refractivity contribution >= 4 is 5.91 Å². The Kier molecular flexibility index (Phi) is 8.20. The zero-order valence-electron chi connectivity index (χ0n) is 17.0. The van der Waals surface area contributed by atoms with Crippen LogP contribution in [0, 0.1) is 17.7 Å². The summed E-state index contributed by atoms with van der Waals surface area (Å²) in [7, 11) is 2.04. The second-order valence-electron chi connectivity index (χ2n) is 7.69. The summed E-state index contributed by atoms with van der Waals surface area (Å²) in [5.74, 6) is 0.358. The van der Waals surface area contributed by atoms with Gasteiger partial charge in [0, 0.05) is 31.2 Å². The summed E-state index contributed by atoms with van der Waals surface area (Å²) in [6.45, 7) is 8.84. The van der Waals surface area contributed by atoms with Gasteiger partial charge in [-0.3, -0.25) is 14.9 Å². The molecule has 0 radical (unpaired) electrons. The van der Waals surface area contributed by atoms with E-state index in [0.717, 1.165) is 24.6 Å². The normalized spacial score (nSPS) is 25.2. The van der Waals surface area contributed by atoms with Crippen molar-refractivity contribution in [2.75, 3.05) is 20.1 Å². The molecule has 0 aromatic heterocycles. The topological polar surface area (TPSA) is 64.6 Å². The van der Waals surface area contributed by atoms with Gasteiger partial charge in [-0.1, -0.05) is 20.8 Å². The summed E-state index contributed by atoms with van der Waals surface area (Å²) >= 11 is 0. The molecule has 1 amide bonds. The average Bonchev–Trinajstić information content (AvgIpc) is 2.68. The molecule has 3 N–H and O–H groups in total. The molecule has 3 atom stereocenters. The molecule has 1 aliphatic carbocycles. The van der Waals surface area contributed by atoms with Crippen LogP contribution in [0.4, 0.5) is 4.39 Å². The van der Waals surface area contributed by atoms with Gasteiger partial charge in [-0.25, -0.2) is 9.87 Å². The number of fused-ring (bicyclic) bond motifs is 1. The minimum absolute atomic E-state index is 0.169. The molecule has 152 valence electrons. The summed E-state index contributed by atoms with van der Waals surface area (Å²) < 4.78 is 14.3. The smallest absolute Gasteiger partial charge is 0.274 e. The first-order valence-electron chi connectivity index (χ1n) is 10.2. The molecule has 6 heteroatoms. The van der Waals surface area contributed by atoms with Crippen LogP contribution in [-0.2, 0) is 13.0 Å². The fourth-order valence-corrected chi connectivity index (χ4v) is 4.55. The van der Waals surface area contributed by atoms with Crippen LogP contribution in [0.2, 0.25) is 0 Å². The summed E-state index contributed by atoms with van der Waals surface area (Å²) in [6, 6.07) is 3.50. The maximum Gasteiger partial charge on any atom is 0.274 e. The average molecular weight is 380 g/mol. The van der Waals surface area contributed by atoms with Crippen LogP contribution in [0.5, 0.6) is 0 Å². The lowest BCUT2D eigenvalue weighted by atomic mass is 9.79. The Balaban J connectivity index is 0.00000126. The Morgan fingerprint density at radius 3 is 2.70 bits per heavy atom. The number of carbonyl (C=O) groups is 1. The molecular formula is C21H34FN3O2. The molecule has 5 nitrogen and oxygen atoms in total. The van der Waals surface area contributed by atoms with Crippen LogP contribution in [-0.4, -0.2) is 42.2 Å². The van der Waals surface area contributed by atoms with E-state index in [1.54, 1.807) is 11.5 Å². The lowest BCUT2D eigenvalue weighted by Crippen LogP contribution is -2.41. The van der Waals surface area contributed by atoms with Crippen molar-refractivity contribution in [2.24, 2.45) is 11.8 Å². The number of hydroxylamine groups is 1. The molecule has 1 aromatic rings. The number of hydrogen-bond acceptors (Lipinski definition) is 4. The summed E-state index contributed by atoms with van der Waals surface area (Å²) in [5.41, 5.74) is 3.32. The van der Waals surface area contributed by atoms with Crippen molar-refractivity contribution in [3.05, 3.63) is 34.6 Å². The van der Waals surface area contributed by atoms with E-state index in [1.165, 1.54) is 25.3 Å². The highest BCUT2D eigenvalue weighted by atomic mass is 19.1. The van der Waals surface area contributed by atoms with Crippen molar-refractivity contribution in [1.82, 2.24) is 15.7 Å². The lowest BCUT2D eigenvalue weighted by Gasteiger charge is -2.38. The van der Waals surface area contributed by atoms with Gasteiger partial charge in [0.05, 0.1) is 0 Å². The summed E-state index contributed by atoms with van der Waals surface area (Å²) in [6.07, 6.45) is 4.33. The van der Waals surface area contributed by atoms with Crippen molar-refractivity contribution < 1.29 is 14.4 Å². The van der Waals surface area contributed by atoms with E-state index < -0.39 is 5.91 Å². The zero-order valence-corrected chi connectivity index (χ0v) is 17.0. The molecule has 1 fully saturated rings. The number of hydrogen-bond donors (Lipinski definition) is 3. The lowest BCUT2D eigenvalue weighted by molar-refractivity contribution is 0.0705. The predicted molar refractivity (Wildman–Crippen MR) is 105 cm³/mol. The molecule has 0 saturated heterocycles. The molecule has 0 bridgehead atoms. The Hall–Kier alpha value is -1.50. The molecule has 1 heterocycles. The molecule has 0 spiro atoms.